The number of carbonyl (C=O) groups excluding carboxylic acids is 4. The molecular weight excluding hydrogens is 312 g/mol. The second-order valence-electron chi connectivity index (χ2n) is 6.14. The minimum Gasteiger partial charge on any atom is -0.369 e. The summed E-state index contributed by atoms with van der Waals surface area (Å²) in [5, 5.41) is 0. The van der Waals surface area contributed by atoms with Crippen molar-refractivity contribution in [3.8, 4) is 0 Å². The fourth-order valence-electron chi connectivity index (χ4n) is 3.12. The topological polar surface area (TPSA) is 127 Å². The van der Waals surface area contributed by atoms with Gasteiger partial charge < -0.3 is 21.3 Å². The minimum atomic E-state index is -0.506. The highest BCUT2D eigenvalue weighted by molar-refractivity contribution is 6.02. The molecule has 126 valence electrons. The number of rotatable bonds is 4. The van der Waals surface area contributed by atoms with Gasteiger partial charge in [-0.3, -0.25) is 19.2 Å². The zero-order valence-electron chi connectivity index (χ0n) is 13.0. The van der Waals surface area contributed by atoms with E-state index in [4.69, 9.17) is 11.5 Å². The molecule has 24 heavy (non-hydrogen) atoms. The van der Waals surface area contributed by atoms with Crippen molar-refractivity contribution in [2.45, 2.75) is 12.8 Å². The van der Waals surface area contributed by atoms with Crippen molar-refractivity contribution in [3.63, 3.8) is 0 Å². The van der Waals surface area contributed by atoms with Gasteiger partial charge in [0.1, 0.15) is 0 Å². The lowest BCUT2D eigenvalue weighted by atomic mass is 10.1. The average molecular weight is 330 g/mol. The zero-order valence-corrected chi connectivity index (χ0v) is 13.0. The number of anilines is 2. The Bertz CT molecular complexity index is 675. The van der Waals surface area contributed by atoms with E-state index in [9.17, 15) is 19.2 Å². The number of nitrogens with zero attached hydrogens (tertiary/aromatic N) is 2. The summed E-state index contributed by atoms with van der Waals surface area (Å²) in [7, 11) is 0. The Balaban J connectivity index is 1.83. The number of nitrogens with two attached hydrogens (primary N) is 2. The Kier molecular flexibility index (Phi) is 3.96. The Labute approximate surface area is 138 Å². The van der Waals surface area contributed by atoms with Gasteiger partial charge in [-0.15, -0.1) is 0 Å². The maximum absolute atomic E-state index is 12.1. The number of hydrogen-bond acceptors (Lipinski definition) is 4. The van der Waals surface area contributed by atoms with Gasteiger partial charge in [-0.1, -0.05) is 6.07 Å². The summed E-state index contributed by atoms with van der Waals surface area (Å²) in [4.78, 5) is 49.8. The molecule has 4 N–H and O–H groups in total. The van der Waals surface area contributed by atoms with E-state index >= 15 is 0 Å². The van der Waals surface area contributed by atoms with Crippen LogP contribution in [0.25, 0.3) is 0 Å². The maximum Gasteiger partial charge on any atom is 0.227 e. The van der Waals surface area contributed by atoms with Crippen molar-refractivity contribution >= 4 is 35.0 Å². The summed E-state index contributed by atoms with van der Waals surface area (Å²) in [6.45, 7) is 0.463. The lowest BCUT2D eigenvalue weighted by molar-refractivity contribution is -0.123. The summed E-state index contributed by atoms with van der Waals surface area (Å²) in [5.41, 5.74) is 11.7. The lowest BCUT2D eigenvalue weighted by Gasteiger charge is -2.21. The van der Waals surface area contributed by atoms with Crippen molar-refractivity contribution in [1.82, 2.24) is 0 Å². The Morgan fingerprint density at radius 2 is 1.29 bits per heavy atom. The zero-order chi connectivity index (χ0) is 17.4. The third kappa shape index (κ3) is 2.82. The Morgan fingerprint density at radius 3 is 1.62 bits per heavy atom. The van der Waals surface area contributed by atoms with Crippen molar-refractivity contribution in [1.29, 1.82) is 0 Å². The van der Waals surface area contributed by atoms with Gasteiger partial charge in [-0.25, -0.2) is 0 Å². The Hall–Kier alpha value is -2.90. The van der Waals surface area contributed by atoms with E-state index in [1.807, 2.05) is 0 Å². The normalized spacial score (nSPS) is 23.8. The van der Waals surface area contributed by atoms with Crippen LogP contribution in [-0.4, -0.2) is 36.7 Å². The predicted octanol–water partition coefficient (Wildman–Crippen LogP) is -0.637. The number of amides is 4. The van der Waals surface area contributed by atoms with Crippen LogP contribution in [0.3, 0.4) is 0 Å². The molecule has 2 atom stereocenters. The first-order valence-electron chi connectivity index (χ1n) is 7.66. The van der Waals surface area contributed by atoms with Gasteiger partial charge in [0.05, 0.1) is 11.8 Å². The van der Waals surface area contributed by atoms with Crippen molar-refractivity contribution < 1.29 is 19.2 Å². The van der Waals surface area contributed by atoms with Gasteiger partial charge in [0.25, 0.3) is 0 Å². The summed E-state index contributed by atoms with van der Waals surface area (Å²) in [6.07, 6.45) is 0.178. The molecule has 2 heterocycles. The van der Waals surface area contributed by atoms with Crippen LogP contribution in [0.1, 0.15) is 12.8 Å². The number of benzene rings is 1. The van der Waals surface area contributed by atoms with Gasteiger partial charge in [-0.2, -0.15) is 0 Å². The second kappa shape index (κ2) is 5.95. The maximum atomic E-state index is 12.1. The average Bonchev–Trinajstić information content (AvgIpc) is 3.11. The highest BCUT2D eigenvalue weighted by atomic mass is 16.2. The molecule has 2 aliphatic rings. The van der Waals surface area contributed by atoms with Crippen molar-refractivity contribution in [2.75, 3.05) is 22.9 Å². The predicted molar refractivity (Wildman–Crippen MR) is 85.8 cm³/mol. The quantitative estimate of drug-likeness (QED) is 0.761. The number of carbonyl (C=O) groups is 4. The molecule has 0 aromatic heterocycles. The first-order chi connectivity index (χ1) is 11.4. The molecular formula is C16H18N4O4. The van der Waals surface area contributed by atoms with Crippen LogP contribution < -0.4 is 21.3 Å². The molecule has 8 nitrogen and oxygen atoms in total. The first-order valence-corrected chi connectivity index (χ1v) is 7.66. The van der Waals surface area contributed by atoms with Crippen molar-refractivity contribution in [3.05, 3.63) is 24.3 Å². The van der Waals surface area contributed by atoms with Gasteiger partial charge in [0.15, 0.2) is 0 Å². The molecule has 1 aromatic carbocycles. The van der Waals surface area contributed by atoms with Gasteiger partial charge in [0, 0.05) is 37.3 Å². The molecule has 0 radical (unpaired) electrons. The van der Waals surface area contributed by atoms with Crippen molar-refractivity contribution in [2.24, 2.45) is 23.3 Å². The SMILES string of the molecule is NC(=O)[C@@H]1CC(=O)N(c2cccc(N3C[C@@H](C(N)=O)CC3=O)c2)C1. The number of primary amides is 2. The molecule has 0 unspecified atom stereocenters. The smallest absolute Gasteiger partial charge is 0.227 e. The highest BCUT2D eigenvalue weighted by Gasteiger charge is 2.36. The molecule has 8 heteroatoms. The summed E-state index contributed by atoms with van der Waals surface area (Å²) in [5.74, 6) is -2.37. The molecule has 0 saturated carbocycles. The largest absolute Gasteiger partial charge is 0.369 e. The van der Waals surface area contributed by atoms with E-state index in [2.05, 4.69) is 0 Å². The van der Waals surface area contributed by atoms with Crippen LogP contribution in [0, 0.1) is 11.8 Å². The fraction of sp³-hybridized carbons (Fsp3) is 0.375. The molecule has 1 aromatic rings. The third-order valence-corrected chi connectivity index (χ3v) is 4.51. The molecule has 2 aliphatic heterocycles. The van der Waals surface area contributed by atoms with E-state index in [1.54, 1.807) is 24.3 Å². The summed E-state index contributed by atoms with van der Waals surface area (Å²) < 4.78 is 0. The molecule has 2 saturated heterocycles. The fourth-order valence-corrected chi connectivity index (χ4v) is 3.12. The molecule has 0 aliphatic carbocycles. The van der Waals surface area contributed by atoms with Gasteiger partial charge >= 0.3 is 0 Å². The first kappa shape index (κ1) is 16.0. The van der Waals surface area contributed by atoms with E-state index in [0.717, 1.165) is 0 Å². The molecule has 0 bridgehead atoms. The van der Waals surface area contributed by atoms with E-state index in [-0.39, 0.29) is 37.7 Å². The number of hydrogen-bond donors (Lipinski definition) is 2. The van der Waals surface area contributed by atoms with Crippen LogP contribution in [0.4, 0.5) is 11.4 Å². The molecule has 4 amide bonds. The molecule has 2 fully saturated rings. The molecule has 3 rings (SSSR count). The second-order valence-corrected chi connectivity index (χ2v) is 6.14. The van der Waals surface area contributed by atoms with Crippen LogP contribution in [-0.2, 0) is 19.2 Å². The van der Waals surface area contributed by atoms with Crippen LogP contribution in [0.5, 0.6) is 0 Å². The highest BCUT2D eigenvalue weighted by Crippen LogP contribution is 2.31. The van der Waals surface area contributed by atoms with E-state index in [0.29, 0.717) is 11.4 Å². The Morgan fingerprint density at radius 1 is 0.875 bits per heavy atom. The van der Waals surface area contributed by atoms with E-state index in [1.165, 1.54) is 9.80 Å². The van der Waals surface area contributed by atoms with Crippen LogP contribution in [0.2, 0.25) is 0 Å². The van der Waals surface area contributed by atoms with Gasteiger partial charge in [-0.05, 0) is 18.2 Å². The van der Waals surface area contributed by atoms with E-state index < -0.39 is 23.7 Å². The summed E-state index contributed by atoms with van der Waals surface area (Å²) >= 11 is 0. The van der Waals surface area contributed by atoms with Gasteiger partial charge in [0.2, 0.25) is 23.6 Å². The molecule has 0 spiro atoms. The minimum absolute atomic E-state index is 0.0892. The third-order valence-electron chi connectivity index (χ3n) is 4.51. The standard InChI is InChI=1S/C16H18N4O4/c17-15(23)9-4-13(21)19(7-9)11-2-1-3-12(6-11)20-8-10(16(18)24)5-14(20)22/h1-3,6,9-10H,4-5,7-8H2,(H2,17,23)(H2,18,24)/t9-,10+. The summed E-state index contributed by atoms with van der Waals surface area (Å²) in [6, 6.07) is 6.89. The monoisotopic (exact) mass is 330 g/mol. The lowest BCUT2D eigenvalue weighted by Crippen LogP contribution is -2.30. The van der Waals surface area contributed by atoms with Crippen LogP contribution >= 0.6 is 0 Å². The van der Waals surface area contributed by atoms with Crippen LogP contribution in [0.15, 0.2) is 24.3 Å².